The first-order valence-electron chi connectivity index (χ1n) is 11.3. The van der Waals surface area contributed by atoms with Crippen LogP contribution < -0.4 is 0 Å². The van der Waals surface area contributed by atoms with Gasteiger partial charge in [-0.2, -0.15) is 5.26 Å². The van der Waals surface area contributed by atoms with Crippen LogP contribution in [0.15, 0.2) is 85.3 Å². The molecule has 0 fully saturated rings. The van der Waals surface area contributed by atoms with E-state index in [0.29, 0.717) is 12.1 Å². The number of imidazole rings is 1. The van der Waals surface area contributed by atoms with E-state index in [4.69, 9.17) is 5.26 Å². The van der Waals surface area contributed by atoms with E-state index in [-0.39, 0.29) is 12.6 Å². The zero-order valence-corrected chi connectivity index (χ0v) is 18.4. The topological polar surface area (TPSA) is 65.1 Å². The van der Waals surface area contributed by atoms with Crippen molar-refractivity contribution in [2.75, 3.05) is 13.2 Å². The molecule has 1 atom stereocenters. The summed E-state index contributed by atoms with van der Waals surface area (Å²) in [4.78, 5) is 6.74. The number of hydrogen-bond donors (Lipinski definition) is 1. The van der Waals surface area contributed by atoms with Crippen LogP contribution in [-0.4, -0.2) is 32.7 Å². The summed E-state index contributed by atoms with van der Waals surface area (Å²) in [5.41, 5.74) is 7.80. The standard InChI is InChI=1S/C28H26N4O/c29-15-21-6-8-22(9-7-21)17-32-20-30-16-26(32)18-31-13-12-24-10-11-25(14-27(24)28(31)19-33)23-4-2-1-3-5-23/h1-11,14,16,20,28,33H,12-13,17-19H2/t28-/m1/s1. The fourth-order valence-electron chi connectivity index (χ4n) is 4.67. The third kappa shape index (κ3) is 4.45. The second kappa shape index (κ2) is 9.41. The van der Waals surface area contributed by atoms with Crippen LogP contribution in [0.2, 0.25) is 0 Å². The predicted molar refractivity (Wildman–Crippen MR) is 128 cm³/mol. The fourth-order valence-corrected chi connectivity index (χ4v) is 4.67. The van der Waals surface area contributed by atoms with Gasteiger partial charge in [0.15, 0.2) is 0 Å². The van der Waals surface area contributed by atoms with Gasteiger partial charge in [0, 0.05) is 25.8 Å². The summed E-state index contributed by atoms with van der Waals surface area (Å²) in [6, 6.07) is 26.8. The number of nitrogens with zero attached hydrogens (tertiary/aromatic N) is 4. The molecule has 5 nitrogen and oxygen atoms in total. The molecule has 1 aliphatic heterocycles. The lowest BCUT2D eigenvalue weighted by atomic mass is 9.89. The molecule has 0 saturated carbocycles. The normalized spacial score (nSPS) is 15.7. The Morgan fingerprint density at radius 2 is 1.79 bits per heavy atom. The van der Waals surface area contributed by atoms with E-state index in [1.165, 1.54) is 22.3 Å². The van der Waals surface area contributed by atoms with Crippen LogP contribution in [0.3, 0.4) is 0 Å². The van der Waals surface area contributed by atoms with Gasteiger partial charge in [-0.05, 0) is 52.4 Å². The smallest absolute Gasteiger partial charge is 0.0991 e. The van der Waals surface area contributed by atoms with Crippen LogP contribution in [-0.2, 0) is 19.5 Å². The lowest BCUT2D eigenvalue weighted by molar-refractivity contribution is 0.106. The zero-order chi connectivity index (χ0) is 22.6. The van der Waals surface area contributed by atoms with Gasteiger partial charge in [0.25, 0.3) is 0 Å². The minimum absolute atomic E-state index is 0.0457. The van der Waals surface area contributed by atoms with Crippen molar-refractivity contribution in [1.29, 1.82) is 5.26 Å². The van der Waals surface area contributed by atoms with Gasteiger partial charge in [-0.1, -0.05) is 54.6 Å². The molecule has 0 bridgehead atoms. The number of nitriles is 1. The largest absolute Gasteiger partial charge is 0.394 e. The first kappa shape index (κ1) is 21.1. The van der Waals surface area contributed by atoms with Crippen LogP contribution in [0.1, 0.15) is 34.0 Å². The molecule has 1 aliphatic rings. The average molecular weight is 435 g/mol. The summed E-state index contributed by atoms with van der Waals surface area (Å²) >= 11 is 0. The Morgan fingerprint density at radius 3 is 2.55 bits per heavy atom. The van der Waals surface area contributed by atoms with Gasteiger partial charge in [-0.15, -0.1) is 0 Å². The van der Waals surface area contributed by atoms with Gasteiger partial charge in [0.2, 0.25) is 0 Å². The molecule has 0 spiro atoms. The van der Waals surface area contributed by atoms with E-state index in [2.05, 4.69) is 63.0 Å². The van der Waals surface area contributed by atoms with E-state index in [0.717, 1.165) is 30.8 Å². The summed E-state index contributed by atoms with van der Waals surface area (Å²) in [6.45, 7) is 2.39. The molecular formula is C28H26N4O. The summed E-state index contributed by atoms with van der Waals surface area (Å²) in [6.07, 6.45) is 4.73. The third-order valence-electron chi connectivity index (χ3n) is 6.49. The van der Waals surface area contributed by atoms with Crippen LogP contribution >= 0.6 is 0 Å². The molecule has 1 N–H and O–H groups in total. The number of fused-ring (bicyclic) bond motifs is 1. The molecule has 0 saturated heterocycles. The Kier molecular flexibility index (Phi) is 6.03. The van der Waals surface area contributed by atoms with Crippen LogP contribution in [0.5, 0.6) is 0 Å². The SMILES string of the molecule is N#Cc1ccc(Cn2cncc2CN2CCc3ccc(-c4ccccc4)cc3[C@H]2CO)cc1. The monoisotopic (exact) mass is 434 g/mol. The van der Waals surface area contributed by atoms with Crippen molar-refractivity contribution < 1.29 is 5.11 Å². The maximum Gasteiger partial charge on any atom is 0.0991 e. The minimum atomic E-state index is -0.0457. The third-order valence-corrected chi connectivity index (χ3v) is 6.49. The van der Waals surface area contributed by atoms with E-state index in [1.54, 1.807) is 0 Å². The molecule has 5 heteroatoms. The van der Waals surface area contributed by atoms with Gasteiger partial charge in [-0.3, -0.25) is 4.90 Å². The van der Waals surface area contributed by atoms with Gasteiger partial charge in [0.05, 0.1) is 36.3 Å². The van der Waals surface area contributed by atoms with Gasteiger partial charge >= 0.3 is 0 Å². The van der Waals surface area contributed by atoms with Crippen molar-refractivity contribution in [3.8, 4) is 17.2 Å². The molecule has 33 heavy (non-hydrogen) atoms. The molecule has 0 unspecified atom stereocenters. The highest BCUT2D eigenvalue weighted by atomic mass is 16.3. The molecule has 1 aromatic heterocycles. The number of aromatic nitrogens is 2. The highest BCUT2D eigenvalue weighted by Crippen LogP contribution is 2.34. The Morgan fingerprint density at radius 1 is 0.970 bits per heavy atom. The summed E-state index contributed by atoms with van der Waals surface area (Å²) in [5.74, 6) is 0. The van der Waals surface area contributed by atoms with Crippen molar-refractivity contribution in [1.82, 2.24) is 14.5 Å². The van der Waals surface area contributed by atoms with E-state index in [1.807, 2.05) is 42.9 Å². The van der Waals surface area contributed by atoms with Crippen molar-refractivity contribution in [2.24, 2.45) is 0 Å². The molecule has 164 valence electrons. The zero-order valence-electron chi connectivity index (χ0n) is 18.4. The van der Waals surface area contributed by atoms with Crippen molar-refractivity contribution in [3.05, 3.63) is 113 Å². The van der Waals surface area contributed by atoms with Gasteiger partial charge < -0.3 is 9.67 Å². The fraction of sp³-hybridized carbons (Fsp3) is 0.214. The number of rotatable bonds is 6. The summed E-state index contributed by atoms with van der Waals surface area (Å²) in [7, 11) is 0. The number of hydrogen-bond acceptors (Lipinski definition) is 4. The second-order valence-electron chi connectivity index (χ2n) is 8.52. The Balaban J connectivity index is 1.37. The Hall–Kier alpha value is -3.72. The predicted octanol–water partition coefficient (Wildman–Crippen LogP) is 4.56. The summed E-state index contributed by atoms with van der Waals surface area (Å²) in [5, 5.41) is 19.4. The van der Waals surface area contributed by atoms with Crippen LogP contribution in [0, 0.1) is 11.3 Å². The lowest BCUT2D eigenvalue weighted by Gasteiger charge is -2.36. The average Bonchev–Trinajstić information content (AvgIpc) is 3.31. The highest BCUT2D eigenvalue weighted by Gasteiger charge is 2.28. The number of benzene rings is 3. The molecule has 0 amide bonds. The van der Waals surface area contributed by atoms with E-state index in [9.17, 15) is 5.11 Å². The Labute approximate surface area is 194 Å². The van der Waals surface area contributed by atoms with Crippen molar-refractivity contribution in [3.63, 3.8) is 0 Å². The Bertz CT molecular complexity index is 1270. The van der Waals surface area contributed by atoms with Crippen LogP contribution in [0.4, 0.5) is 0 Å². The van der Waals surface area contributed by atoms with E-state index >= 15 is 0 Å². The molecule has 3 aromatic carbocycles. The van der Waals surface area contributed by atoms with Crippen LogP contribution in [0.25, 0.3) is 11.1 Å². The number of aliphatic hydroxyl groups is 1. The summed E-state index contributed by atoms with van der Waals surface area (Å²) < 4.78 is 2.14. The lowest BCUT2D eigenvalue weighted by Crippen LogP contribution is -2.37. The number of aliphatic hydroxyl groups excluding tert-OH is 1. The van der Waals surface area contributed by atoms with Gasteiger partial charge in [0.1, 0.15) is 0 Å². The second-order valence-corrected chi connectivity index (χ2v) is 8.52. The van der Waals surface area contributed by atoms with Crippen molar-refractivity contribution in [2.45, 2.75) is 25.6 Å². The molecule has 0 aliphatic carbocycles. The minimum Gasteiger partial charge on any atom is -0.394 e. The molecule has 4 aromatic rings. The van der Waals surface area contributed by atoms with Gasteiger partial charge in [-0.25, -0.2) is 4.98 Å². The quantitative estimate of drug-likeness (QED) is 0.483. The van der Waals surface area contributed by atoms with E-state index < -0.39 is 0 Å². The molecule has 2 heterocycles. The molecule has 5 rings (SSSR count). The molecular weight excluding hydrogens is 408 g/mol. The first-order chi connectivity index (χ1) is 16.2. The van der Waals surface area contributed by atoms with Crippen molar-refractivity contribution >= 4 is 0 Å². The highest BCUT2D eigenvalue weighted by molar-refractivity contribution is 5.65. The maximum absolute atomic E-state index is 10.4. The molecule has 0 radical (unpaired) electrons. The maximum atomic E-state index is 10.4. The first-order valence-corrected chi connectivity index (χ1v) is 11.3.